The first-order valence-electron chi connectivity index (χ1n) is 9.83. The summed E-state index contributed by atoms with van der Waals surface area (Å²) in [6.07, 6.45) is 7.31. The van der Waals surface area contributed by atoms with Crippen molar-refractivity contribution in [3.05, 3.63) is 35.6 Å². The lowest BCUT2D eigenvalue weighted by Gasteiger charge is -2.38. The van der Waals surface area contributed by atoms with Crippen molar-refractivity contribution in [3.8, 4) is 0 Å². The lowest BCUT2D eigenvalue weighted by atomic mass is 9.86. The SMILES string of the molecule is CCOC(=O)N1C2CCC1CC(CCCCC(=O)c1ccccc1F)C2. The number of benzene rings is 1. The lowest BCUT2D eigenvalue weighted by Crippen LogP contribution is -2.46. The molecule has 2 unspecified atom stereocenters. The number of halogens is 1. The highest BCUT2D eigenvalue weighted by Crippen LogP contribution is 2.40. The number of hydrogen-bond donors (Lipinski definition) is 0. The van der Waals surface area contributed by atoms with E-state index in [0.717, 1.165) is 44.9 Å². The lowest BCUT2D eigenvalue weighted by molar-refractivity contribution is 0.0587. The monoisotopic (exact) mass is 361 g/mol. The molecule has 0 N–H and O–H groups in total. The summed E-state index contributed by atoms with van der Waals surface area (Å²) in [6.45, 7) is 2.27. The third-order valence-corrected chi connectivity index (χ3v) is 5.75. The zero-order valence-corrected chi connectivity index (χ0v) is 15.5. The number of ketones is 1. The molecule has 0 spiro atoms. The summed E-state index contributed by atoms with van der Waals surface area (Å²) in [5, 5.41) is 0. The number of amides is 1. The van der Waals surface area contributed by atoms with E-state index in [1.165, 1.54) is 6.07 Å². The molecule has 0 saturated carbocycles. The van der Waals surface area contributed by atoms with Crippen LogP contribution in [-0.4, -0.2) is 35.5 Å². The smallest absolute Gasteiger partial charge is 0.410 e. The standard InChI is InChI=1S/C21H28FNO3/c1-2-26-21(25)23-16-11-12-17(23)14-15(13-16)7-3-6-10-20(24)18-8-4-5-9-19(18)22/h4-5,8-9,15-17H,2-3,6-7,10-14H2,1H3. The van der Waals surface area contributed by atoms with Crippen molar-refractivity contribution in [2.45, 2.75) is 70.4 Å². The molecule has 0 radical (unpaired) electrons. The molecule has 1 aromatic rings. The molecular formula is C21H28FNO3. The van der Waals surface area contributed by atoms with E-state index in [2.05, 4.69) is 0 Å². The van der Waals surface area contributed by atoms with E-state index in [4.69, 9.17) is 4.74 Å². The quantitative estimate of drug-likeness (QED) is 0.509. The first-order chi connectivity index (χ1) is 12.6. The number of rotatable bonds is 7. The molecule has 2 aliphatic heterocycles. The van der Waals surface area contributed by atoms with E-state index in [0.29, 0.717) is 31.0 Å². The van der Waals surface area contributed by atoms with Crippen molar-refractivity contribution in [2.75, 3.05) is 6.61 Å². The maximum absolute atomic E-state index is 13.6. The van der Waals surface area contributed by atoms with Crippen LogP contribution in [0.25, 0.3) is 0 Å². The van der Waals surface area contributed by atoms with Crippen LogP contribution >= 0.6 is 0 Å². The van der Waals surface area contributed by atoms with Crippen LogP contribution in [0.1, 0.15) is 68.6 Å². The van der Waals surface area contributed by atoms with Crippen LogP contribution in [-0.2, 0) is 4.74 Å². The highest BCUT2D eigenvalue weighted by molar-refractivity contribution is 5.96. The van der Waals surface area contributed by atoms with Gasteiger partial charge < -0.3 is 9.64 Å². The number of unbranched alkanes of at least 4 members (excludes halogenated alkanes) is 1. The zero-order chi connectivity index (χ0) is 18.5. The highest BCUT2D eigenvalue weighted by atomic mass is 19.1. The van der Waals surface area contributed by atoms with E-state index >= 15 is 0 Å². The van der Waals surface area contributed by atoms with E-state index in [9.17, 15) is 14.0 Å². The zero-order valence-electron chi connectivity index (χ0n) is 15.5. The molecule has 0 aliphatic carbocycles. The Kier molecular flexibility index (Phi) is 6.28. The average molecular weight is 361 g/mol. The molecule has 1 amide bonds. The molecule has 0 aromatic heterocycles. The predicted molar refractivity (Wildman–Crippen MR) is 97.6 cm³/mol. The minimum absolute atomic E-state index is 0.111. The van der Waals surface area contributed by atoms with Crippen molar-refractivity contribution >= 4 is 11.9 Å². The van der Waals surface area contributed by atoms with Gasteiger partial charge in [-0.1, -0.05) is 25.0 Å². The average Bonchev–Trinajstić information content (AvgIpc) is 2.90. The van der Waals surface area contributed by atoms with Crippen LogP contribution in [0.5, 0.6) is 0 Å². The number of carbonyl (C=O) groups excluding carboxylic acids is 2. The van der Waals surface area contributed by atoms with Crippen molar-refractivity contribution in [1.29, 1.82) is 0 Å². The molecule has 5 heteroatoms. The van der Waals surface area contributed by atoms with Crippen LogP contribution in [0.3, 0.4) is 0 Å². The molecule has 4 nitrogen and oxygen atoms in total. The molecule has 2 atom stereocenters. The van der Waals surface area contributed by atoms with E-state index in [1.54, 1.807) is 18.2 Å². The topological polar surface area (TPSA) is 46.6 Å². The Morgan fingerprint density at radius 1 is 1.15 bits per heavy atom. The minimum atomic E-state index is -0.430. The Morgan fingerprint density at radius 3 is 2.50 bits per heavy atom. The fourth-order valence-electron chi connectivity index (χ4n) is 4.56. The van der Waals surface area contributed by atoms with Gasteiger partial charge in [-0.3, -0.25) is 4.79 Å². The Morgan fingerprint density at radius 2 is 1.85 bits per heavy atom. The summed E-state index contributed by atoms with van der Waals surface area (Å²) in [4.78, 5) is 26.2. The van der Waals surface area contributed by atoms with E-state index in [-0.39, 0.29) is 17.4 Å². The van der Waals surface area contributed by atoms with Gasteiger partial charge in [0, 0.05) is 18.5 Å². The van der Waals surface area contributed by atoms with Crippen molar-refractivity contribution in [1.82, 2.24) is 4.90 Å². The maximum Gasteiger partial charge on any atom is 0.410 e. The van der Waals surface area contributed by atoms with Gasteiger partial charge in [-0.05, 0) is 57.1 Å². The Balaban J connectivity index is 1.41. The van der Waals surface area contributed by atoms with Gasteiger partial charge in [-0.15, -0.1) is 0 Å². The second-order valence-corrected chi connectivity index (χ2v) is 7.48. The highest BCUT2D eigenvalue weighted by Gasteiger charge is 2.43. The summed E-state index contributed by atoms with van der Waals surface area (Å²) < 4.78 is 18.8. The van der Waals surface area contributed by atoms with E-state index in [1.807, 2.05) is 11.8 Å². The van der Waals surface area contributed by atoms with Crippen molar-refractivity contribution in [2.24, 2.45) is 5.92 Å². The Bertz CT molecular complexity index is 634. The predicted octanol–water partition coefficient (Wildman–Crippen LogP) is 4.97. The molecule has 2 saturated heterocycles. The van der Waals surface area contributed by atoms with Gasteiger partial charge in [-0.25, -0.2) is 9.18 Å². The van der Waals surface area contributed by atoms with E-state index < -0.39 is 5.82 Å². The third-order valence-electron chi connectivity index (χ3n) is 5.75. The number of piperidine rings is 1. The first-order valence-corrected chi connectivity index (χ1v) is 9.83. The van der Waals surface area contributed by atoms with Gasteiger partial charge in [0.2, 0.25) is 0 Å². The summed E-state index contributed by atoms with van der Waals surface area (Å²) in [5.74, 6) is 0.0717. The summed E-state index contributed by atoms with van der Waals surface area (Å²) >= 11 is 0. The second-order valence-electron chi connectivity index (χ2n) is 7.48. The fourth-order valence-corrected chi connectivity index (χ4v) is 4.56. The molecule has 26 heavy (non-hydrogen) atoms. The Labute approximate surface area is 154 Å². The summed E-state index contributed by atoms with van der Waals surface area (Å²) in [6, 6.07) is 6.82. The van der Waals surface area contributed by atoms with Crippen LogP contribution in [0.4, 0.5) is 9.18 Å². The molecule has 3 rings (SSSR count). The van der Waals surface area contributed by atoms with Gasteiger partial charge in [0.1, 0.15) is 5.82 Å². The Hall–Kier alpha value is -1.91. The summed E-state index contributed by atoms with van der Waals surface area (Å²) in [7, 11) is 0. The third kappa shape index (κ3) is 4.25. The first kappa shape index (κ1) is 18.9. The molecule has 142 valence electrons. The molecule has 1 aromatic carbocycles. The van der Waals surface area contributed by atoms with Crippen LogP contribution < -0.4 is 0 Å². The number of carbonyl (C=O) groups is 2. The number of ether oxygens (including phenoxy) is 1. The van der Waals surface area contributed by atoms with Gasteiger partial charge in [-0.2, -0.15) is 0 Å². The van der Waals surface area contributed by atoms with Crippen molar-refractivity contribution < 1.29 is 18.7 Å². The van der Waals surface area contributed by atoms with Gasteiger partial charge in [0.15, 0.2) is 5.78 Å². The normalized spacial score (nSPS) is 24.5. The van der Waals surface area contributed by atoms with Crippen LogP contribution in [0.15, 0.2) is 24.3 Å². The maximum atomic E-state index is 13.6. The molecule has 2 aliphatic rings. The van der Waals surface area contributed by atoms with Crippen LogP contribution in [0, 0.1) is 11.7 Å². The summed E-state index contributed by atoms with van der Waals surface area (Å²) in [5.41, 5.74) is 0.202. The molecule has 2 fully saturated rings. The molecule has 2 heterocycles. The number of hydrogen-bond acceptors (Lipinski definition) is 3. The number of fused-ring (bicyclic) bond motifs is 2. The van der Waals surface area contributed by atoms with Crippen LogP contribution in [0.2, 0.25) is 0 Å². The van der Waals surface area contributed by atoms with Gasteiger partial charge >= 0.3 is 6.09 Å². The largest absolute Gasteiger partial charge is 0.450 e. The number of nitrogens with zero attached hydrogens (tertiary/aromatic N) is 1. The van der Waals surface area contributed by atoms with Crippen molar-refractivity contribution in [3.63, 3.8) is 0 Å². The molecular weight excluding hydrogens is 333 g/mol. The minimum Gasteiger partial charge on any atom is -0.450 e. The van der Waals surface area contributed by atoms with Gasteiger partial charge in [0.25, 0.3) is 0 Å². The fraction of sp³-hybridized carbons (Fsp3) is 0.619. The second kappa shape index (κ2) is 8.65. The number of Topliss-reactive ketones (excluding diaryl/α,β-unsaturated/α-hetero) is 1. The van der Waals surface area contributed by atoms with Gasteiger partial charge in [0.05, 0.1) is 12.2 Å². The molecule has 2 bridgehead atoms.